The molecule has 0 saturated heterocycles. The second kappa shape index (κ2) is 8.14. The number of hydrazone groups is 1. The molecule has 1 fully saturated rings. The Balaban J connectivity index is 1.77. The summed E-state index contributed by atoms with van der Waals surface area (Å²) in [6, 6.07) is 3.61. The van der Waals surface area contributed by atoms with Crippen LogP contribution in [0.15, 0.2) is 29.6 Å². The van der Waals surface area contributed by atoms with Crippen LogP contribution in [0.2, 0.25) is 0 Å². The second-order valence-corrected chi connectivity index (χ2v) is 5.14. The Bertz CT molecular complexity index is 494. The van der Waals surface area contributed by atoms with Crippen LogP contribution in [-0.4, -0.2) is 29.1 Å². The molecule has 1 heterocycles. The molecule has 1 aromatic rings. The Morgan fingerprint density at radius 1 is 1.10 bits per heavy atom. The molecule has 0 atom stereocenters. The molecule has 112 valence electrons. The lowest BCUT2D eigenvalue weighted by Gasteiger charge is -2.14. The van der Waals surface area contributed by atoms with Crippen LogP contribution in [0.3, 0.4) is 0 Å². The van der Waals surface area contributed by atoms with Gasteiger partial charge in [0.1, 0.15) is 0 Å². The van der Waals surface area contributed by atoms with Crippen molar-refractivity contribution in [2.45, 2.75) is 44.6 Å². The molecule has 21 heavy (non-hydrogen) atoms. The van der Waals surface area contributed by atoms with Gasteiger partial charge >= 0.3 is 11.8 Å². The molecule has 2 rings (SSSR count). The Hall–Kier alpha value is -2.24. The van der Waals surface area contributed by atoms with Crippen molar-refractivity contribution in [1.29, 1.82) is 0 Å². The summed E-state index contributed by atoms with van der Waals surface area (Å²) in [6.07, 6.45) is 11.2. The molecule has 6 heteroatoms. The number of hydrogen-bond acceptors (Lipinski definition) is 4. The fraction of sp³-hybridized carbons (Fsp3) is 0.467. The molecule has 1 saturated carbocycles. The first kappa shape index (κ1) is 15.2. The van der Waals surface area contributed by atoms with Crippen LogP contribution < -0.4 is 10.7 Å². The van der Waals surface area contributed by atoms with Crippen molar-refractivity contribution >= 4 is 18.0 Å². The number of pyridine rings is 1. The summed E-state index contributed by atoms with van der Waals surface area (Å²) in [7, 11) is 0. The van der Waals surface area contributed by atoms with Gasteiger partial charge in [-0.15, -0.1) is 0 Å². The van der Waals surface area contributed by atoms with Gasteiger partial charge in [-0.2, -0.15) is 5.10 Å². The first-order valence-electron chi connectivity index (χ1n) is 7.29. The van der Waals surface area contributed by atoms with Crippen LogP contribution in [-0.2, 0) is 9.59 Å². The fourth-order valence-electron chi connectivity index (χ4n) is 2.34. The summed E-state index contributed by atoms with van der Waals surface area (Å²) >= 11 is 0. The smallest absolute Gasteiger partial charge is 0.329 e. The van der Waals surface area contributed by atoms with Gasteiger partial charge in [-0.1, -0.05) is 25.7 Å². The van der Waals surface area contributed by atoms with Crippen LogP contribution in [0.4, 0.5) is 0 Å². The highest BCUT2D eigenvalue weighted by Crippen LogP contribution is 2.16. The molecule has 1 aromatic heterocycles. The van der Waals surface area contributed by atoms with E-state index in [4.69, 9.17) is 0 Å². The predicted molar refractivity (Wildman–Crippen MR) is 79.6 cm³/mol. The molecule has 6 nitrogen and oxygen atoms in total. The van der Waals surface area contributed by atoms with E-state index >= 15 is 0 Å². The zero-order valence-electron chi connectivity index (χ0n) is 11.9. The predicted octanol–water partition coefficient (Wildman–Crippen LogP) is 1.37. The molecule has 2 N–H and O–H groups in total. The molecular formula is C15H20N4O2. The lowest BCUT2D eigenvalue weighted by Crippen LogP contribution is -2.43. The summed E-state index contributed by atoms with van der Waals surface area (Å²) in [5, 5.41) is 6.53. The number of rotatable bonds is 3. The van der Waals surface area contributed by atoms with Crippen molar-refractivity contribution in [2.24, 2.45) is 5.10 Å². The average Bonchev–Trinajstić information content (AvgIpc) is 2.77. The van der Waals surface area contributed by atoms with Gasteiger partial charge in [0.2, 0.25) is 0 Å². The van der Waals surface area contributed by atoms with E-state index in [1.165, 1.54) is 19.1 Å². The number of amides is 2. The third-order valence-corrected chi connectivity index (χ3v) is 3.48. The summed E-state index contributed by atoms with van der Waals surface area (Å²) in [6.45, 7) is 0. The second-order valence-electron chi connectivity index (χ2n) is 5.14. The van der Waals surface area contributed by atoms with E-state index in [2.05, 4.69) is 20.8 Å². The van der Waals surface area contributed by atoms with E-state index in [1.54, 1.807) is 24.5 Å². The molecule has 2 amide bonds. The number of aromatic nitrogens is 1. The first-order valence-corrected chi connectivity index (χ1v) is 7.29. The van der Waals surface area contributed by atoms with E-state index < -0.39 is 11.8 Å². The van der Waals surface area contributed by atoms with Crippen molar-refractivity contribution in [3.8, 4) is 0 Å². The van der Waals surface area contributed by atoms with Crippen LogP contribution >= 0.6 is 0 Å². The molecule has 0 radical (unpaired) electrons. The van der Waals surface area contributed by atoms with Crippen LogP contribution in [0, 0.1) is 0 Å². The highest BCUT2D eigenvalue weighted by Gasteiger charge is 2.19. The molecule has 0 aliphatic heterocycles. The zero-order chi connectivity index (χ0) is 14.9. The molecule has 0 unspecified atom stereocenters. The number of carbonyl (C=O) groups excluding carboxylic acids is 2. The molecule has 0 aromatic carbocycles. The zero-order valence-corrected chi connectivity index (χ0v) is 11.9. The Labute approximate surface area is 124 Å². The Morgan fingerprint density at radius 2 is 1.76 bits per heavy atom. The first-order chi connectivity index (χ1) is 10.3. The summed E-state index contributed by atoms with van der Waals surface area (Å²) in [5.41, 5.74) is 3.03. The highest BCUT2D eigenvalue weighted by atomic mass is 16.2. The molecule has 0 spiro atoms. The minimum absolute atomic E-state index is 0.106. The van der Waals surface area contributed by atoms with Gasteiger partial charge in [0.25, 0.3) is 0 Å². The summed E-state index contributed by atoms with van der Waals surface area (Å²) in [4.78, 5) is 27.3. The normalized spacial score (nSPS) is 16.4. The van der Waals surface area contributed by atoms with Crippen LogP contribution in [0.25, 0.3) is 0 Å². The van der Waals surface area contributed by atoms with E-state index in [9.17, 15) is 9.59 Å². The number of carbonyl (C=O) groups is 2. The standard InChI is InChI=1S/C15H20N4O2/c20-14(18-13-5-3-1-2-4-6-13)15(21)19-17-11-12-7-9-16-10-8-12/h7-11,13H,1-6H2,(H,18,20)(H,19,21)/b17-11-. The maximum Gasteiger partial charge on any atom is 0.329 e. The van der Waals surface area contributed by atoms with Crippen molar-refractivity contribution < 1.29 is 9.59 Å². The van der Waals surface area contributed by atoms with Gasteiger partial charge in [-0.3, -0.25) is 14.6 Å². The van der Waals surface area contributed by atoms with Gasteiger partial charge in [0, 0.05) is 18.4 Å². The number of nitrogens with zero attached hydrogens (tertiary/aromatic N) is 2. The maximum absolute atomic E-state index is 11.8. The number of nitrogens with one attached hydrogen (secondary N) is 2. The van der Waals surface area contributed by atoms with Gasteiger partial charge in [-0.25, -0.2) is 5.43 Å². The van der Waals surface area contributed by atoms with E-state index in [1.807, 2.05) is 0 Å². The van der Waals surface area contributed by atoms with Crippen molar-refractivity contribution in [2.75, 3.05) is 0 Å². The van der Waals surface area contributed by atoms with Gasteiger partial charge < -0.3 is 5.32 Å². The lowest BCUT2D eigenvalue weighted by molar-refractivity contribution is -0.139. The van der Waals surface area contributed by atoms with Gasteiger partial charge in [0.15, 0.2) is 0 Å². The topological polar surface area (TPSA) is 83.5 Å². The summed E-state index contributed by atoms with van der Waals surface area (Å²) in [5.74, 6) is -1.35. The third-order valence-electron chi connectivity index (χ3n) is 3.48. The average molecular weight is 288 g/mol. The SMILES string of the molecule is O=C(N/N=C\c1ccncc1)C(=O)NC1CCCCCC1. The Morgan fingerprint density at radius 3 is 2.43 bits per heavy atom. The quantitative estimate of drug-likeness (QED) is 0.381. The van der Waals surface area contributed by atoms with Gasteiger partial charge in [0.05, 0.1) is 6.21 Å². The molecular weight excluding hydrogens is 268 g/mol. The molecule has 1 aliphatic rings. The van der Waals surface area contributed by atoms with E-state index in [0.29, 0.717) is 0 Å². The summed E-state index contributed by atoms with van der Waals surface area (Å²) < 4.78 is 0. The monoisotopic (exact) mass is 288 g/mol. The van der Waals surface area contributed by atoms with Gasteiger partial charge in [-0.05, 0) is 30.5 Å². The Kier molecular flexibility index (Phi) is 5.87. The van der Waals surface area contributed by atoms with Crippen LogP contribution in [0.5, 0.6) is 0 Å². The van der Waals surface area contributed by atoms with Crippen LogP contribution in [0.1, 0.15) is 44.1 Å². The van der Waals surface area contributed by atoms with Crippen molar-refractivity contribution in [3.63, 3.8) is 0 Å². The third kappa shape index (κ3) is 5.33. The molecule has 1 aliphatic carbocycles. The van der Waals surface area contributed by atoms with E-state index in [-0.39, 0.29) is 6.04 Å². The van der Waals surface area contributed by atoms with Crippen molar-refractivity contribution in [3.05, 3.63) is 30.1 Å². The lowest BCUT2D eigenvalue weighted by atomic mass is 10.1. The fourth-order valence-corrected chi connectivity index (χ4v) is 2.34. The maximum atomic E-state index is 11.8. The molecule has 0 bridgehead atoms. The highest BCUT2D eigenvalue weighted by molar-refractivity contribution is 6.35. The minimum atomic E-state index is -0.732. The van der Waals surface area contributed by atoms with Crippen molar-refractivity contribution in [1.82, 2.24) is 15.7 Å². The largest absolute Gasteiger partial charge is 0.345 e. The van der Waals surface area contributed by atoms with E-state index in [0.717, 1.165) is 31.2 Å². The number of hydrogen-bond donors (Lipinski definition) is 2. The minimum Gasteiger partial charge on any atom is -0.345 e.